The van der Waals surface area contributed by atoms with E-state index in [4.69, 9.17) is 4.98 Å². The number of hydrogen-bond acceptors (Lipinski definition) is 3. The average Bonchev–Trinajstić information content (AvgIpc) is 2.69. The van der Waals surface area contributed by atoms with Gasteiger partial charge in [0.05, 0.1) is 22.5 Å². The minimum atomic E-state index is -0.137. The van der Waals surface area contributed by atoms with Gasteiger partial charge < -0.3 is 5.32 Å². The molecule has 1 N–H and O–H groups in total. The molecule has 4 heteroatoms. The summed E-state index contributed by atoms with van der Waals surface area (Å²) < 4.78 is 0. The van der Waals surface area contributed by atoms with Crippen molar-refractivity contribution in [2.45, 2.75) is 38.0 Å². The molecule has 3 aromatic rings. The number of anilines is 1. The van der Waals surface area contributed by atoms with Crippen LogP contribution in [-0.2, 0) is 0 Å². The first-order valence-corrected chi connectivity index (χ1v) is 8.92. The molecule has 0 saturated heterocycles. The molecule has 1 aromatic carbocycles. The number of benzene rings is 1. The number of pyridine rings is 2. The topological polar surface area (TPSA) is 54.9 Å². The second kappa shape index (κ2) is 7.01. The molecule has 2 heterocycles. The normalized spacial score (nSPS) is 15.2. The predicted octanol–water partition coefficient (Wildman–Crippen LogP) is 4.93. The maximum absolute atomic E-state index is 12.6. The van der Waals surface area contributed by atoms with Gasteiger partial charge in [-0.25, -0.2) is 0 Å². The van der Waals surface area contributed by atoms with Crippen LogP contribution in [0.15, 0.2) is 54.9 Å². The van der Waals surface area contributed by atoms with Crippen LogP contribution in [-0.4, -0.2) is 15.9 Å². The van der Waals surface area contributed by atoms with E-state index in [1.165, 1.54) is 19.3 Å². The summed E-state index contributed by atoms with van der Waals surface area (Å²) in [7, 11) is 0. The first kappa shape index (κ1) is 15.8. The third-order valence-electron chi connectivity index (χ3n) is 4.92. The third-order valence-corrected chi connectivity index (χ3v) is 4.92. The lowest BCUT2D eigenvalue weighted by atomic mass is 9.85. The number of carbonyl (C=O) groups is 1. The standard InChI is InChI=1S/C21H21N3O/c25-21(17-10-6-12-22-14-17)24-19-13-16-9-4-5-11-18(16)23-20(19)15-7-2-1-3-8-15/h4-6,9-15H,1-3,7-8H2,(H,24,25). The zero-order valence-electron chi connectivity index (χ0n) is 14.1. The van der Waals surface area contributed by atoms with Crippen LogP contribution in [0, 0.1) is 0 Å². The van der Waals surface area contributed by atoms with Crippen molar-refractivity contribution in [3.05, 3.63) is 66.1 Å². The van der Waals surface area contributed by atoms with Crippen LogP contribution in [0.4, 0.5) is 5.69 Å². The minimum Gasteiger partial charge on any atom is -0.320 e. The van der Waals surface area contributed by atoms with Gasteiger partial charge in [0.25, 0.3) is 5.91 Å². The Morgan fingerprint density at radius 1 is 1.04 bits per heavy atom. The van der Waals surface area contributed by atoms with Crippen molar-refractivity contribution in [3.8, 4) is 0 Å². The number of hydrogen-bond donors (Lipinski definition) is 1. The van der Waals surface area contributed by atoms with Gasteiger partial charge >= 0.3 is 0 Å². The first-order chi connectivity index (χ1) is 12.3. The van der Waals surface area contributed by atoms with Gasteiger partial charge in [0.2, 0.25) is 0 Å². The van der Waals surface area contributed by atoms with E-state index in [9.17, 15) is 4.79 Å². The molecule has 0 aliphatic heterocycles. The number of aromatic nitrogens is 2. The summed E-state index contributed by atoms with van der Waals surface area (Å²) >= 11 is 0. The Bertz CT molecular complexity index is 886. The largest absolute Gasteiger partial charge is 0.320 e. The highest BCUT2D eigenvalue weighted by Crippen LogP contribution is 2.36. The van der Waals surface area contributed by atoms with E-state index >= 15 is 0 Å². The summed E-state index contributed by atoms with van der Waals surface area (Å²) in [5.41, 5.74) is 3.41. The zero-order chi connectivity index (χ0) is 17.1. The van der Waals surface area contributed by atoms with Gasteiger partial charge in [0.15, 0.2) is 0 Å². The molecule has 4 rings (SSSR count). The summed E-state index contributed by atoms with van der Waals surface area (Å²) in [6, 6.07) is 13.7. The van der Waals surface area contributed by atoms with Crippen LogP contribution in [0.25, 0.3) is 10.9 Å². The molecular formula is C21H21N3O. The van der Waals surface area contributed by atoms with Gasteiger partial charge in [-0.1, -0.05) is 37.5 Å². The van der Waals surface area contributed by atoms with Crippen LogP contribution < -0.4 is 5.32 Å². The predicted molar refractivity (Wildman–Crippen MR) is 99.8 cm³/mol. The summed E-state index contributed by atoms with van der Waals surface area (Å²) in [6.07, 6.45) is 9.29. The fourth-order valence-corrected chi connectivity index (χ4v) is 3.61. The first-order valence-electron chi connectivity index (χ1n) is 8.92. The number of para-hydroxylation sites is 1. The Balaban J connectivity index is 1.73. The monoisotopic (exact) mass is 331 g/mol. The van der Waals surface area contributed by atoms with E-state index in [0.717, 1.165) is 35.1 Å². The highest BCUT2D eigenvalue weighted by molar-refractivity contribution is 6.05. The molecule has 1 aliphatic rings. The molecular weight excluding hydrogens is 310 g/mol. The molecule has 25 heavy (non-hydrogen) atoms. The smallest absolute Gasteiger partial charge is 0.257 e. The number of carbonyl (C=O) groups excluding carboxylic acids is 1. The van der Waals surface area contributed by atoms with E-state index in [1.54, 1.807) is 24.5 Å². The van der Waals surface area contributed by atoms with Gasteiger partial charge in [-0.2, -0.15) is 0 Å². The highest BCUT2D eigenvalue weighted by atomic mass is 16.1. The molecule has 0 bridgehead atoms. The van der Waals surface area contributed by atoms with Crippen LogP contribution in [0.3, 0.4) is 0 Å². The van der Waals surface area contributed by atoms with Gasteiger partial charge in [0, 0.05) is 23.7 Å². The molecule has 1 saturated carbocycles. The van der Waals surface area contributed by atoms with Crippen molar-refractivity contribution in [1.29, 1.82) is 0 Å². The lowest BCUT2D eigenvalue weighted by Gasteiger charge is -2.24. The van der Waals surface area contributed by atoms with Crippen LogP contribution in [0.1, 0.15) is 54.1 Å². The number of fused-ring (bicyclic) bond motifs is 1. The fourth-order valence-electron chi connectivity index (χ4n) is 3.61. The maximum Gasteiger partial charge on any atom is 0.257 e. The second-order valence-corrected chi connectivity index (χ2v) is 6.64. The van der Waals surface area contributed by atoms with E-state index in [-0.39, 0.29) is 5.91 Å². The average molecular weight is 331 g/mol. The van der Waals surface area contributed by atoms with Crippen LogP contribution in [0.2, 0.25) is 0 Å². The van der Waals surface area contributed by atoms with Crippen molar-refractivity contribution < 1.29 is 4.79 Å². The van der Waals surface area contributed by atoms with Crippen molar-refractivity contribution >= 4 is 22.5 Å². The molecule has 0 radical (unpaired) electrons. The second-order valence-electron chi connectivity index (χ2n) is 6.64. The highest BCUT2D eigenvalue weighted by Gasteiger charge is 2.22. The third kappa shape index (κ3) is 3.38. The number of nitrogens with one attached hydrogen (secondary N) is 1. The van der Waals surface area contributed by atoms with Crippen molar-refractivity contribution in [2.75, 3.05) is 5.32 Å². The quantitative estimate of drug-likeness (QED) is 0.740. The maximum atomic E-state index is 12.6. The van der Waals surface area contributed by atoms with Crippen LogP contribution >= 0.6 is 0 Å². The Hall–Kier alpha value is -2.75. The molecule has 0 spiro atoms. The van der Waals surface area contributed by atoms with Crippen molar-refractivity contribution in [3.63, 3.8) is 0 Å². The number of amides is 1. The SMILES string of the molecule is O=C(Nc1cc2ccccc2nc1C1CCCCC1)c1cccnc1. The van der Waals surface area contributed by atoms with Crippen molar-refractivity contribution in [2.24, 2.45) is 0 Å². The Morgan fingerprint density at radius 3 is 2.68 bits per heavy atom. The molecule has 4 nitrogen and oxygen atoms in total. The minimum absolute atomic E-state index is 0.137. The molecule has 1 amide bonds. The molecule has 2 aromatic heterocycles. The summed E-state index contributed by atoms with van der Waals surface area (Å²) in [5, 5.41) is 4.12. The fraction of sp³-hybridized carbons (Fsp3) is 0.286. The van der Waals surface area contributed by atoms with Crippen molar-refractivity contribution in [1.82, 2.24) is 9.97 Å². The Kier molecular flexibility index (Phi) is 4.42. The molecule has 1 fully saturated rings. The van der Waals surface area contributed by atoms with Gasteiger partial charge in [-0.05, 0) is 37.1 Å². The summed E-state index contributed by atoms with van der Waals surface area (Å²) in [5.74, 6) is 0.282. The summed E-state index contributed by atoms with van der Waals surface area (Å²) in [6.45, 7) is 0. The molecule has 0 unspecified atom stereocenters. The Labute approximate surface area is 147 Å². The Morgan fingerprint density at radius 2 is 1.88 bits per heavy atom. The number of rotatable bonds is 3. The van der Waals surface area contributed by atoms with E-state index in [2.05, 4.69) is 16.4 Å². The van der Waals surface area contributed by atoms with Gasteiger partial charge in [-0.3, -0.25) is 14.8 Å². The zero-order valence-corrected chi connectivity index (χ0v) is 14.1. The lowest BCUT2D eigenvalue weighted by Crippen LogP contribution is -2.16. The van der Waals surface area contributed by atoms with Crippen LogP contribution in [0.5, 0.6) is 0 Å². The molecule has 1 aliphatic carbocycles. The van der Waals surface area contributed by atoms with E-state index in [0.29, 0.717) is 11.5 Å². The molecule has 126 valence electrons. The van der Waals surface area contributed by atoms with E-state index in [1.807, 2.05) is 24.3 Å². The van der Waals surface area contributed by atoms with Gasteiger partial charge in [0.1, 0.15) is 0 Å². The van der Waals surface area contributed by atoms with E-state index < -0.39 is 0 Å². The number of nitrogens with zero attached hydrogens (tertiary/aromatic N) is 2. The lowest BCUT2D eigenvalue weighted by molar-refractivity contribution is 0.102. The summed E-state index contributed by atoms with van der Waals surface area (Å²) in [4.78, 5) is 21.6. The molecule has 0 atom stereocenters. The van der Waals surface area contributed by atoms with Gasteiger partial charge in [-0.15, -0.1) is 0 Å².